The van der Waals surface area contributed by atoms with Crippen LogP contribution < -0.4 is 5.32 Å². The van der Waals surface area contributed by atoms with Crippen LogP contribution in [0.4, 0.5) is 5.69 Å². The van der Waals surface area contributed by atoms with Crippen molar-refractivity contribution in [1.29, 1.82) is 0 Å². The van der Waals surface area contributed by atoms with Crippen LogP contribution in [0.15, 0.2) is 93.9 Å². The fourth-order valence-corrected chi connectivity index (χ4v) is 3.17. The van der Waals surface area contributed by atoms with Gasteiger partial charge in [0.2, 0.25) is 5.89 Å². The number of halogens is 1. The molecule has 0 aliphatic heterocycles. The summed E-state index contributed by atoms with van der Waals surface area (Å²) in [7, 11) is 0. The summed E-state index contributed by atoms with van der Waals surface area (Å²) in [6.45, 7) is 0. The molecule has 0 saturated carbocycles. The van der Waals surface area contributed by atoms with Gasteiger partial charge in [-0.15, -0.1) is 0 Å². The molecule has 4 nitrogen and oxygen atoms in total. The van der Waals surface area contributed by atoms with Crippen LogP contribution >= 0.6 is 15.9 Å². The predicted octanol–water partition coefficient (Wildman–Crippen LogP) is 6.02. The zero-order valence-electron chi connectivity index (χ0n) is 14.2. The van der Waals surface area contributed by atoms with Gasteiger partial charge in [-0.3, -0.25) is 4.79 Å². The van der Waals surface area contributed by atoms with Gasteiger partial charge in [0.05, 0.1) is 11.8 Å². The van der Waals surface area contributed by atoms with E-state index >= 15 is 0 Å². The lowest BCUT2D eigenvalue weighted by Gasteiger charge is -2.08. The molecule has 0 saturated heterocycles. The summed E-state index contributed by atoms with van der Waals surface area (Å²) in [5.41, 5.74) is 2.79. The van der Waals surface area contributed by atoms with Crippen LogP contribution in [-0.4, -0.2) is 10.9 Å². The van der Waals surface area contributed by atoms with E-state index in [4.69, 9.17) is 4.42 Å². The lowest BCUT2D eigenvalue weighted by Crippen LogP contribution is -2.13. The highest BCUT2D eigenvalue weighted by Gasteiger charge is 2.17. The topological polar surface area (TPSA) is 55.1 Å². The molecule has 27 heavy (non-hydrogen) atoms. The fraction of sp³-hybridized carbons (Fsp3) is 0. The zero-order chi connectivity index (χ0) is 18.6. The maximum Gasteiger partial charge on any atom is 0.256 e. The van der Waals surface area contributed by atoms with Gasteiger partial charge in [-0.05, 0) is 30.3 Å². The number of nitrogens with one attached hydrogen (secondary N) is 1. The SMILES string of the molecule is O=C(Nc1cccc(Br)c1)c1ccccc1-c1ncc(-c2ccccc2)o1. The Bertz CT molecular complexity index is 1090. The Morgan fingerprint density at radius 2 is 1.70 bits per heavy atom. The summed E-state index contributed by atoms with van der Waals surface area (Å²) in [4.78, 5) is 17.2. The quantitative estimate of drug-likeness (QED) is 0.440. The maximum atomic E-state index is 12.8. The molecule has 4 aromatic rings. The van der Waals surface area contributed by atoms with Crippen LogP contribution in [0.5, 0.6) is 0 Å². The van der Waals surface area contributed by atoms with Crippen LogP contribution in [0.25, 0.3) is 22.8 Å². The standard InChI is InChI=1S/C22H15BrN2O2/c23-16-9-6-10-17(13-16)25-21(26)18-11-4-5-12-19(18)22-24-14-20(27-22)15-7-2-1-3-8-15/h1-14H,(H,25,26). The zero-order valence-corrected chi connectivity index (χ0v) is 15.8. The number of aromatic nitrogens is 1. The molecule has 1 N–H and O–H groups in total. The van der Waals surface area contributed by atoms with Crippen molar-refractivity contribution in [3.05, 3.63) is 95.1 Å². The van der Waals surface area contributed by atoms with E-state index in [1.807, 2.05) is 72.8 Å². The van der Waals surface area contributed by atoms with Crippen LogP contribution in [0.1, 0.15) is 10.4 Å². The minimum atomic E-state index is -0.219. The summed E-state index contributed by atoms with van der Waals surface area (Å²) in [5, 5.41) is 2.91. The Balaban J connectivity index is 1.65. The Morgan fingerprint density at radius 3 is 2.52 bits per heavy atom. The van der Waals surface area contributed by atoms with Crippen molar-refractivity contribution in [2.45, 2.75) is 0 Å². The van der Waals surface area contributed by atoms with Crippen LogP contribution in [0, 0.1) is 0 Å². The molecule has 1 aromatic heterocycles. The smallest absolute Gasteiger partial charge is 0.256 e. The largest absolute Gasteiger partial charge is 0.436 e. The van der Waals surface area contributed by atoms with Crippen LogP contribution in [0.2, 0.25) is 0 Å². The van der Waals surface area contributed by atoms with E-state index in [-0.39, 0.29) is 5.91 Å². The highest BCUT2D eigenvalue weighted by atomic mass is 79.9. The van der Waals surface area contributed by atoms with Crippen molar-refractivity contribution < 1.29 is 9.21 Å². The van der Waals surface area contributed by atoms with E-state index < -0.39 is 0 Å². The monoisotopic (exact) mass is 418 g/mol. The molecule has 0 aliphatic rings. The molecule has 0 spiro atoms. The summed E-state index contributed by atoms with van der Waals surface area (Å²) < 4.78 is 6.81. The van der Waals surface area contributed by atoms with Crippen molar-refractivity contribution in [3.63, 3.8) is 0 Å². The molecule has 0 aliphatic carbocycles. The molecule has 1 heterocycles. The average molecular weight is 419 g/mol. The predicted molar refractivity (Wildman–Crippen MR) is 109 cm³/mol. The van der Waals surface area contributed by atoms with Crippen molar-refractivity contribution in [3.8, 4) is 22.8 Å². The number of hydrogen-bond donors (Lipinski definition) is 1. The first kappa shape index (κ1) is 17.2. The summed E-state index contributed by atoms with van der Waals surface area (Å²) in [6.07, 6.45) is 1.67. The van der Waals surface area contributed by atoms with Crippen LogP contribution in [0.3, 0.4) is 0 Å². The van der Waals surface area contributed by atoms with Gasteiger partial charge in [-0.2, -0.15) is 0 Å². The van der Waals surface area contributed by atoms with E-state index in [1.54, 1.807) is 12.3 Å². The Morgan fingerprint density at radius 1 is 0.926 bits per heavy atom. The van der Waals surface area contributed by atoms with Gasteiger partial charge in [0, 0.05) is 21.3 Å². The highest BCUT2D eigenvalue weighted by Crippen LogP contribution is 2.28. The second-order valence-corrected chi connectivity index (χ2v) is 6.82. The molecule has 132 valence electrons. The van der Waals surface area contributed by atoms with Crippen molar-refractivity contribution >= 4 is 27.5 Å². The number of carbonyl (C=O) groups excluding carboxylic acids is 1. The molecule has 0 fully saturated rings. The third-order valence-corrected chi connectivity index (χ3v) is 4.54. The molecule has 0 unspecified atom stereocenters. The highest BCUT2D eigenvalue weighted by molar-refractivity contribution is 9.10. The third-order valence-electron chi connectivity index (χ3n) is 4.05. The number of oxazole rings is 1. The van der Waals surface area contributed by atoms with Gasteiger partial charge in [0.1, 0.15) is 0 Å². The van der Waals surface area contributed by atoms with Gasteiger partial charge in [-0.1, -0.05) is 64.5 Å². The Labute approximate surface area is 165 Å². The van der Waals surface area contributed by atoms with Gasteiger partial charge in [0.25, 0.3) is 5.91 Å². The lowest BCUT2D eigenvalue weighted by atomic mass is 10.1. The number of nitrogens with zero attached hydrogens (tertiary/aromatic N) is 1. The van der Waals surface area contributed by atoms with Gasteiger partial charge >= 0.3 is 0 Å². The minimum absolute atomic E-state index is 0.219. The van der Waals surface area contributed by atoms with E-state index in [2.05, 4.69) is 26.2 Å². The van der Waals surface area contributed by atoms with Crippen molar-refractivity contribution in [1.82, 2.24) is 4.98 Å². The lowest BCUT2D eigenvalue weighted by molar-refractivity contribution is 0.102. The number of hydrogen-bond acceptors (Lipinski definition) is 3. The summed E-state index contributed by atoms with van der Waals surface area (Å²) >= 11 is 3.41. The molecule has 4 rings (SSSR count). The molecule has 0 radical (unpaired) electrons. The molecular formula is C22H15BrN2O2. The second kappa shape index (κ2) is 7.60. The molecule has 0 bridgehead atoms. The molecule has 1 amide bonds. The Hall–Kier alpha value is -3.18. The van der Waals surface area contributed by atoms with E-state index in [0.29, 0.717) is 28.5 Å². The van der Waals surface area contributed by atoms with E-state index in [0.717, 1.165) is 10.0 Å². The molecular weight excluding hydrogens is 404 g/mol. The first-order valence-electron chi connectivity index (χ1n) is 8.38. The van der Waals surface area contributed by atoms with Crippen LogP contribution in [-0.2, 0) is 0 Å². The number of carbonyl (C=O) groups is 1. The molecule has 0 atom stereocenters. The summed E-state index contributed by atoms with van der Waals surface area (Å²) in [6, 6.07) is 24.5. The van der Waals surface area contributed by atoms with E-state index in [1.165, 1.54) is 0 Å². The van der Waals surface area contributed by atoms with Gasteiger partial charge < -0.3 is 9.73 Å². The molecule has 5 heteroatoms. The Kier molecular flexibility index (Phi) is 4.85. The van der Waals surface area contributed by atoms with Crippen molar-refractivity contribution in [2.75, 3.05) is 5.32 Å². The number of benzene rings is 3. The number of amides is 1. The van der Waals surface area contributed by atoms with E-state index in [9.17, 15) is 4.79 Å². The van der Waals surface area contributed by atoms with Gasteiger partial charge in [0.15, 0.2) is 5.76 Å². The summed E-state index contributed by atoms with van der Waals surface area (Å²) in [5.74, 6) is 0.852. The van der Waals surface area contributed by atoms with Crippen molar-refractivity contribution in [2.24, 2.45) is 0 Å². The van der Waals surface area contributed by atoms with Gasteiger partial charge in [-0.25, -0.2) is 4.98 Å². The average Bonchev–Trinajstić information content (AvgIpc) is 3.19. The third kappa shape index (κ3) is 3.83. The normalized spacial score (nSPS) is 10.6. The fourth-order valence-electron chi connectivity index (χ4n) is 2.77. The minimum Gasteiger partial charge on any atom is -0.436 e. The number of anilines is 1. The first-order chi connectivity index (χ1) is 13.2. The maximum absolute atomic E-state index is 12.8. The second-order valence-electron chi connectivity index (χ2n) is 5.91. The molecule has 3 aromatic carbocycles. The first-order valence-corrected chi connectivity index (χ1v) is 9.17. The number of rotatable bonds is 4.